The molecule has 10 heteroatoms. The predicted octanol–water partition coefficient (Wildman–Crippen LogP) is 3.25. The number of aliphatic hydroxyl groups is 3. The van der Waals surface area contributed by atoms with Crippen molar-refractivity contribution in [1.82, 2.24) is 0 Å². The zero-order chi connectivity index (χ0) is 27.8. The largest absolute Gasteiger partial charge is 0.508 e. The van der Waals surface area contributed by atoms with Crippen LogP contribution in [0.15, 0.2) is 47.2 Å². The van der Waals surface area contributed by atoms with Gasteiger partial charge in [0.2, 0.25) is 5.78 Å². The van der Waals surface area contributed by atoms with Crippen molar-refractivity contribution in [2.45, 2.75) is 32.3 Å². The van der Waals surface area contributed by atoms with Crippen molar-refractivity contribution in [1.29, 1.82) is 0 Å². The molecule has 6 N–H and O–H groups in total. The Balaban J connectivity index is 1.75. The first-order chi connectivity index (χ1) is 17.8. The van der Waals surface area contributed by atoms with E-state index in [1.54, 1.807) is 13.8 Å². The number of aliphatic hydroxyl groups excluding tert-OH is 2. The number of hydrogen-bond donors (Lipinski definition) is 5. The Morgan fingerprint density at radius 3 is 2.29 bits per heavy atom. The number of primary amides is 1. The number of hydrogen-bond acceptors (Lipinski definition) is 7. The molecular formula is C28H25F2NO7. The number of rotatable bonds is 3. The molecule has 0 radical (unpaired) electrons. The molecule has 0 heterocycles. The highest BCUT2D eigenvalue weighted by Gasteiger charge is 2.64. The summed E-state index contributed by atoms with van der Waals surface area (Å²) in [4.78, 5) is 39.1. The SMILES string of the molecule is CC(C)[C@@H]1C(=O)C(C(N)=O)=C(O)[C@@]2(O)C(=O)C3=C(O)c4c(O)ccc(-c5cc(F)cc(F)c5)c4C[C@H]3C[C@@H]12. The van der Waals surface area contributed by atoms with Gasteiger partial charge in [0.25, 0.3) is 5.91 Å². The summed E-state index contributed by atoms with van der Waals surface area (Å²) in [6.45, 7) is 3.34. The number of carbonyl (C=O) groups is 3. The quantitative estimate of drug-likeness (QED) is 0.385. The molecule has 1 amide bonds. The van der Waals surface area contributed by atoms with Crippen molar-refractivity contribution in [3.8, 4) is 16.9 Å². The molecule has 0 bridgehead atoms. The van der Waals surface area contributed by atoms with Crippen LogP contribution in [0.2, 0.25) is 0 Å². The number of benzene rings is 2. The van der Waals surface area contributed by atoms with Gasteiger partial charge in [-0.25, -0.2) is 8.78 Å². The molecule has 198 valence electrons. The average Bonchev–Trinajstić information content (AvgIpc) is 2.80. The molecule has 1 saturated carbocycles. The van der Waals surface area contributed by atoms with Crippen LogP contribution in [0.3, 0.4) is 0 Å². The molecule has 0 unspecified atom stereocenters. The first-order valence-electron chi connectivity index (χ1n) is 12.1. The molecule has 0 saturated heterocycles. The molecule has 38 heavy (non-hydrogen) atoms. The number of carbonyl (C=O) groups excluding carboxylic acids is 3. The Kier molecular flexibility index (Phi) is 5.72. The van der Waals surface area contributed by atoms with Gasteiger partial charge in [0.05, 0.1) is 5.56 Å². The Labute approximate surface area is 215 Å². The summed E-state index contributed by atoms with van der Waals surface area (Å²) in [6.07, 6.45) is -0.0422. The zero-order valence-electron chi connectivity index (χ0n) is 20.5. The maximum absolute atomic E-state index is 14.0. The van der Waals surface area contributed by atoms with Crippen LogP contribution in [0.4, 0.5) is 8.78 Å². The average molecular weight is 526 g/mol. The van der Waals surface area contributed by atoms with Gasteiger partial charge in [-0.05, 0) is 59.6 Å². The molecule has 2 aromatic rings. The van der Waals surface area contributed by atoms with E-state index in [0.29, 0.717) is 17.2 Å². The standard InChI is InChI=1S/C28H25F2NO7/c1-10(2)19-17-8-12-7-16-15(11-5-13(29)9-14(30)6-11)3-4-18(32)21(16)24(34)20(12)25(35)28(17,38)26(36)22(23(19)33)27(31)37/h3-6,9-10,12,17,19,32,34,36,38H,7-8H2,1-2H3,(H2,31,37)/t12-,17-,19-,28-/m0/s1. The number of aromatic hydroxyl groups is 1. The lowest BCUT2D eigenvalue weighted by Gasteiger charge is -2.50. The van der Waals surface area contributed by atoms with E-state index < -0.39 is 81.2 Å². The van der Waals surface area contributed by atoms with Crippen LogP contribution in [0.25, 0.3) is 16.9 Å². The zero-order valence-corrected chi connectivity index (χ0v) is 20.5. The van der Waals surface area contributed by atoms with Gasteiger partial charge < -0.3 is 26.2 Å². The fourth-order valence-electron chi connectivity index (χ4n) is 6.46. The molecule has 4 atom stereocenters. The van der Waals surface area contributed by atoms with Crippen molar-refractivity contribution in [2.24, 2.45) is 29.4 Å². The monoisotopic (exact) mass is 525 g/mol. The molecule has 3 aliphatic rings. The number of fused-ring (bicyclic) bond motifs is 3. The summed E-state index contributed by atoms with van der Waals surface area (Å²) in [5.41, 5.74) is 2.10. The van der Waals surface area contributed by atoms with Crippen molar-refractivity contribution >= 4 is 23.2 Å². The van der Waals surface area contributed by atoms with Gasteiger partial charge in [0.15, 0.2) is 11.4 Å². The molecule has 0 aliphatic heterocycles. The number of ketones is 2. The summed E-state index contributed by atoms with van der Waals surface area (Å²) in [6, 6.07) is 5.55. The van der Waals surface area contributed by atoms with Gasteiger partial charge in [0.1, 0.15) is 34.5 Å². The highest BCUT2D eigenvalue weighted by Crippen LogP contribution is 2.55. The molecule has 0 spiro atoms. The smallest absolute Gasteiger partial charge is 0.255 e. The lowest BCUT2D eigenvalue weighted by molar-refractivity contribution is -0.155. The van der Waals surface area contributed by atoms with Crippen molar-refractivity contribution in [3.63, 3.8) is 0 Å². The fraction of sp³-hybridized carbons (Fsp3) is 0.321. The number of amides is 1. The van der Waals surface area contributed by atoms with E-state index in [9.17, 15) is 43.6 Å². The number of halogens is 2. The van der Waals surface area contributed by atoms with Gasteiger partial charge in [-0.3, -0.25) is 14.4 Å². The van der Waals surface area contributed by atoms with Gasteiger partial charge in [0, 0.05) is 23.5 Å². The normalized spacial score (nSPS) is 26.8. The highest BCUT2D eigenvalue weighted by molar-refractivity contribution is 6.23. The first kappa shape index (κ1) is 25.6. The van der Waals surface area contributed by atoms with E-state index in [2.05, 4.69) is 0 Å². The van der Waals surface area contributed by atoms with E-state index in [0.717, 1.165) is 12.1 Å². The molecule has 2 aromatic carbocycles. The van der Waals surface area contributed by atoms with Crippen LogP contribution in [-0.2, 0) is 20.8 Å². The number of phenolic OH excluding ortho intramolecular Hbond substituents is 1. The summed E-state index contributed by atoms with van der Waals surface area (Å²) in [5.74, 6) is -10.5. The molecule has 5 rings (SSSR count). The van der Waals surface area contributed by atoms with Crippen LogP contribution in [0, 0.1) is 35.3 Å². The van der Waals surface area contributed by atoms with Crippen LogP contribution in [0.1, 0.15) is 31.4 Å². The number of phenols is 1. The minimum Gasteiger partial charge on any atom is -0.508 e. The topological polar surface area (TPSA) is 158 Å². The van der Waals surface area contributed by atoms with Crippen molar-refractivity contribution in [2.75, 3.05) is 0 Å². The highest BCUT2D eigenvalue weighted by atomic mass is 19.1. The van der Waals surface area contributed by atoms with Crippen LogP contribution >= 0.6 is 0 Å². The summed E-state index contributed by atoms with van der Waals surface area (Å²) in [5, 5.41) is 44.4. The second-order valence-electron chi connectivity index (χ2n) is 10.5. The summed E-state index contributed by atoms with van der Waals surface area (Å²) < 4.78 is 28.0. The van der Waals surface area contributed by atoms with E-state index in [1.807, 2.05) is 0 Å². The van der Waals surface area contributed by atoms with Crippen molar-refractivity contribution in [3.05, 3.63) is 70.0 Å². The maximum Gasteiger partial charge on any atom is 0.255 e. The Morgan fingerprint density at radius 1 is 1.08 bits per heavy atom. The lowest BCUT2D eigenvalue weighted by Crippen LogP contribution is -2.62. The molecule has 0 aromatic heterocycles. The van der Waals surface area contributed by atoms with Crippen molar-refractivity contribution < 1.29 is 43.6 Å². The van der Waals surface area contributed by atoms with Gasteiger partial charge in [-0.2, -0.15) is 0 Å². The predicted molar refractivity (Wildman–Crippen MR) is 130 cm³/mol. The number of Topliss-reactive ketones (excluding diaryl/α,β-unsaturated/α-hetero) is 2. The third-order valence-electron chi connectivity index (χ3n) is 8.03. The second kappa shape index (κ2) is 8.49. The summed E-state index contributed by atoms with van der Waals surface area (Å²) >= 11 is 0. The lowest BCUT2D eigenvalue weighted by atomic mass is 9.54. The van der Waals surface area contributed by atoms with E-state index in [4.69, 9.17) is 5.73 Å². The Hall–Kier alpha value is -4.05. The minimum atomic E-state index is -2.70. The van der Waals surface area contributed by atoms with Gasteiger partial charge in [-0.15, -0.1) is 0 Å². The fourth-order valence-corrected chi connectivity index (χ4v) is 6.46. The third-order valence-corrected chi connectivity index (χ3v) is 8.03. The van der Waals surface area contributed by atoms with Crippen LogP contribution < -0.4 is 5.73 Å². The van der Waals surface area contributed by atoms with Crippen LogP contribution in [0.5, 0.6) is 5.75 Å². The van der Waals surface area contributed by atoms with Gasteiger partial charge in [-0.1, -0.05) is 19.9 Å². The molecule has 3 aliphatic carbocycles. The van der Waals surface area contributed by atoms with Crippen LogP contribution in [-0.4, -0.2) is 43.5 Å². The molecular weight excluding hydrogens is 500 g/mol. The Bertz CT molecular complexity index is 1490. The minimum absolute atomic E-state index is 0.0150. The van der Waals surface area contributed by atoms with E-state index in [1.165, 1.54) is 12.1 Å². The van der Waals surface area contributed by atoms with E-state index >= 15 is 0 Å². The third kappa shape index (κ3) is 3.39. The number of nitrogens with two attached hydrogens (primary N) is 1. The first-order valence-corrected chi connectivity index (χ1v) is 12.1. The Morgan fingerprint density at radius 2 is 1.71 bits per heavy atom. The summed E-state index contributed by atoms with van der Waals surface area (Å²) in [7, 11) is 0. The maximum atomic E-state index is 14.0. The van der Waals surface area contributed by atoms with Gasteiger partial charge >= 0.3 is 0 Å². The molecule has 1 fully saturated rings. The molecule has 8 nitrogen and oxygen atoms in total. The van der Waals surface area contributed by atoms with E-state index in [-0.39, 0.29) is 29.5 Å². The second-order valence-corrected chi connectivity index (χ2v) is 10.5.